The molecule has 3 heterocycles. The van der Waals surface area contributed by atoms with Crippen LogP contribution >= 0.6 is 0 Å². The zero-order valence-corrected chi connectivity index (χ0v) is 15.2. The second-order valence-corrected chi connectivity index (χ2v) is 6.48. The van der Waals surface area contributed by atoms with Crippen molar-refractivity contribution in [3.63, 3.8) is 0 Å². The van der Waals surface area contributed by atoms with Crippen molar-refractivity contribution in [3.05, 3.63) is 89.4 Å². The summed E-state index contributed by atoms with van der Waals surface area (Å²) in [5.74, 6) is -1.37. The van der Waals surface area contributed by atoms with Gasteiger partial charge in [0.15, 0.2) is 0 Å². The molecular weight excluding hydrogens is 377 g/mol. The Hall–Kier alpha value is -3.94. The molecule has 2 aromatic heterocycles. The number of amides is 4. The molecule has 0 spiro atoms. The van der Waals surface area contributed by atoms with E-state index in [1.807, 2.05) is 4.57 Å². The molecule has 0 unspecified atom stereocenters. The first-order valence-corrected chi connectivity index (χ1v) is 8.82. The summed E-state index contributed by atoms with van der Waals surface area (Å²) in [7, 11) is 0. The van der Waals surface area contributed by atoms with Crippen molar-refractivity contribution in [2.24, 2.45) is 0 Å². The third-order valence-electron chi connectivity index (χ3n) is 4.50. The first kappa shape index (κ1) is 18.4. The van der Waals surface area contributed by atoms with E-state index in [9.17, 15) is 18.8 Å². The van der Waals surface area contributed by atoms with Crippen molar-refractivity contribution in [1.29, 1.82) is 0 Å². The van der Waals surface area contributed by atoms with Crippen molar-refractivity contribution >= 4 is 23.9 Å². The number of benzene rings is 1. The Bertz CT molecular complexity index is 1100. The van der Waals surface area contributed by atoms with E-state index in [0.717, 1.165) is 10.5 Å². The average Bonchev–Trinajstić information content (AvgIpc) is 3.36. The molecule has 29 heavy (non-hydrogen) atoms. The Morgan fingerprint density at radius 2 is 1.79 bits per heavy atom. The summed E-state index contributed by atoms with van der Waals surface area (Å²) in [5, 5.41) is 2.18. The number of furan rings is 1. The van der Waals surface area contributed by atoms with Gasteiger partial charge in [-0.15, -0.1) is 0 Å². The van der Waals surface area contributed by atoms with Gasteiger partial charge in [0.2, 0.25) is 0 Å². The first-order chi connectivity index (χ1) is 14.0. The normalized spacial score (nSPS) is 15.8. The van der Waals surface area contributed by atoms with Crippen LogP contribution in [0, 0.1) is 5.82 Å². The minimum Gasteiger partial charge on any atom is -0.467 e. The summed E-state index contributed by atoms with van der Waals surface area (Å²) < 4.78 is 20.1. The minimum atomic E-state index is -0.796. The molecule has 1 N–H and O–H groups in total. The van der Waals surface area contributed by atoms with E-state index in [0.29, 0.717) is 18.0 Å². The van der Waals surface area contributed by atoms with Gasteiger partial charge in [0.05, 0.1) is 12.8 Å². The van der Waals surface area contributed by atoms with Gasteiger partial charge in [-0.2, -0.15) is 0 Å². The Labute approximate surface area is 165 Å². The van der Waals surface area contributed by atoms with Crippen LogP contribution in [0.4, 0.5) is 9.18 Å². The van der Waals surface area contributed by atoms with E-state index in [4.69, 9.17) is 4.42 Å². The number of halogens is 1. The van der Waals surface area contributed by atoms with Crippen LogP contribution in [0.25, 0.3) is 6.08 Å². The van der Waals surface area contributed by atoms with Crippen LogP contribution in [0.5, 0.6) is 0 Å². The first-order valence-electron chi connectivity index (χ1n) is 8.82. The molecular formula is C21H16FN3O4. The van der Waals surface area contributed by atoms with Crippen LogP contribution in [-0.4, -0.2) is 27.3 Å². The van der Waals surface area contributed by atoms with Crippen LogP contribution in [-0.2, 0) is 22.7 Å². The number of carbonyl (C=O) groups excluding carboxylic acids is 3. The molecule has 146 valence electrons. The average molecular weight is 393 g/mol. The molecule has 0 bridgehead atoms. The van der Waals surface area contributed by atoms with Gasteiger partial charge in [-0.05, 0) is 48.0 Å². The van der Waals surface area contributed by atoms with Gasteiger partial charge < -0.3 is 8.98 Å². The number of rotatable bonds is 5. The van der Waals surface area contributed by atoms with Crippen LogP contribution in [0.15, 0.2) is 71.0 Å². The SMILES string of the molecule is O=C1NC(=O)N(Cc2ccco2)C(=O)C1=Cc1cccn1Cc1ccc(F)cc1. The molecule has 0 radical (unpaired) electrons. The fourth-order valence-electron chi connectivity index (χ4n) is 3.03. The predicted octanol–water partition coefficient (Wildman–Crippen LogP) is 2.93. The largest absolute Gasteiger partial charge is 0.467 e. The third-order valence-corrected chi connectivity index (χ3v) is 4.50. The topological polar surface area (TPSA) is 84.6 Å². The minimum absolute atomic E-state index is 0.0844. The second-order valence-electron chi connectivity index (χ2n) is 6.48. The number of nitrogens with one attached hydrogen (secondary N) is 1. The molecule has 4 amide bonds. The molecule has 3 aromatic rings. The molecule has 8 heteroatoms. The highest BCUT2D eigenvalue weighted by Gasteiger charge is 2.36. The fraction of sp³-hybridized carbons (Fsp3) is 0.0952. The molecule has 0 aliphatic carbocycles. The lowest BCUT2D eigenvalue weighted by Gasteiger charge is -2.25. The second kappa shape index (κ2) is 7.59. The van der Waals surface area contributed by atoms with Gasteiger partial charge in [-0.3, -0.25) is 19.8 Å². The van der Waals surface area contributed by atoms with Crippen molar-refractivity contribution in [2.75, 3.05) is 0 Å². The zero-order chi connectivity index (χ0) is 20.4. The molecule has 0 saturated carbocycles. The third kappa shape index (κ3) is 3.86. The summed E-state index contributed by atoms with van der Waals surface area (Å²) in [6, 6.07) is 12.1. The number of barbiturate groups is 1. The summed E-state index contributed by atoms with van der Waals surface area (Å²) in [4.78, 5) is 38.1. The van der Waals surface area contributed by atoms with Crippen LogP contribution in [0.3, 0.4) is 0 Å². The molecule has 1 saturated heterocycles. The lowest BCUT2D eigenvalue weighted by atomic mass is 10.1. The molecule has 0 atom stereocenters. The van der Waals surface area contributed by atoms with Gasteiger partial charge in [-0.1, -0.05) is 12.1 Å². The summed E-state index contributed by atoms with van der Waals surface area (Å²) in [6.07, 6.45) is 4.65. The van der Waals surface area contributed by atoms with Crippen LogP contribution in [0.1, 0.15) is 17.0 Å². The monoisotopic (exact) mass is 393 g/mol. The van der Waals surface area contributed by atoms with Crippen molar-refractivity contribution < 1.29 is 23.2 Å². The van der Waals surface area contributed by atoms with Crippen molar-refractivity contribution in [3.8, 4) is 0 Å². The van der Waals surface area contributed by atoms with E-state index < -0.39 is 17.8 Å². The Balaban J connectivity index is 1.60. The Morgan fingerprint density at radius 1 is 1.00 bits per heavy atom. The number of imide groups is 2. The summed E-state index contributed by atoms with van der Waals surface area (Å²) in [6.45, 7) is 0.343. The van der Waals surface area contributed by atoms with Crippen molar-refractivity contribution in [1.82, 2.24) is 14.8 Å². The number of aromatic nitrogens is 1. The number of urea groups is 1. The van der Waals surface area contributed by atoms with E-state index in [-0.39, 0.29) is 17.9 Å². The van der Waals surface area contributed by atoms with Gasteiger partial charge in [0.25, 0.3) is 11.8 Å². The molecule has 1 fully saturated rings. The smallest absolute Gasteiger partial charge is 0.331 e. The number of nitrogens with zero attached hydrogens (tertiary/aromatic N) is 2. The maximum atomic E-state index is 13.1. The standard InChI is InChI=1S/C21H16FN3O4/c22-15-7-5-14(6-8-15)12-24-9-1-3-16(24)11-18-19(26)23-21(28)25(20(18)27)13-17-4-2-10-29-17/h1-11H,12-13H2,(H,23,26,28). The molecule has 4 rings (SSSR count). The highest BCUT2D eigenvalue weighted by Crippen LogP contribution is 2.18. The van der Waals surface area contributed by atoms with E-state index >= 15 is 0 Å². The quantitative estimate of drug-likeness (QED) is 0.534. The summed E-state index contributed by atoms with van der Waals surface area (Å²) >= 11 is 0. The number of hydrogen-bond donors (Lipinski definition) is 1. The van der Waals surface area contributed by atoms with E-state index in [1.165, 1.54) is 24.5 Å². The highest BCUT2D eigenvalue weighted by atomic mass is 19.1. The lowest BCUT2D eigenvalue weighted by molar-refractivity contribution is -0.130. The van der Waals surface area contributed by atoms with Gasteiger partial charge >= 0.3 is 6.03 Å². The fourth-order valence-corrected chi connectivity index (χ4v) is 3.03. The molecule has 1 aliphatic heterocycles. The van der Waals surface area contributed by atoms with Crippen LogP contribution < -0.4 is 5.32 Å². The van der Waals surface area contributed by atoms with E-state index in [2.05, 4.69) is 5.32 Å². The number of carbonyl (C=O) groups is 3. The van der Waals surface area contributed by atoms with E-state index in [1.54, 1.807) is 42.6 Å². The lowest BCUT2D eigenvalue weighted by Crippen LogP contribution is -2.53. The summed E-state index contributed by atoms with van der Waals surface area (Å²) in [5.41, 5.74) is 1.30. The maximum absolute atomic E-state index is 13.1. The van der Waals surface area contributed by atoms with Gasteiger partial charge in [0, 0.05) is 18.4 Å². The van der Waals surface area contributed by atoms with Crippen molar-refractivity contribution in [2.45, 2.75) is 13.1 Å². The molecule has 1 aliphatic rings. The Morgan fingerprint density at radius 3 is 2.52 bits per heavy atom. The van der Waals surface area contributed by atoms with Gasteiger partial charge in [-0.25, -0.2) is 9.18 Å². The number of hydrogen-bond acceptors (Lipinski definition) is 4. The van der Waals surface area contributed by atoms with Gasteiger partial charge in [0.1, 0.15) is 17.2 Å². The predicted molar refractivity (Wildman–Crippen MR) is 101 cm³/mol. The molecule has 7 nitrogen and oxygen atoms in total. The van der Waals surface area contributed by atoms with Crippen LogP contribution in [0.2, 0.25) is 0 Å². The zero-order valence-electron chi connectivity index (χ0n) is 15.2. The molecule has 1 aromatic carbocycles. The Kier molecular flexibility index (Phi) is 4.82. The maximum Gasteiger partial charge on any atom is 0.331 e. The highest BCUT2D eigenvalue weighted by molar-refractivity contribution is 6.30.